The Labute approximate surface area is 245 Å². The average Bonchev–Trinajstić information content (AvgIpc) is 2.92. The van der Waals surface area contributed by atoms with Crippen molar-refractivity contribution in [3.05, 3.63) is 90.3 Å². The number of likely N-dealkylation sites (tertiary alicyclic amines) is 2. The molecule has 5 rings (SSSR count). The second-order valence-electron chi connectivity index (χ2n) is 9.72. The first kappa shape index (κ1) is 30.3. The second kappa shape index (κ2) is 12.1. The van der Waals surface area contributed by atoms with Gasteiger partial charge in [0.2, 0.25) is 5.79 Å². The van der Waals surface area contributed by atoms with Crippen LogP contribution in [0.2, 0.25) is 0 Å². The minimum atomic E-state index is -3.20. The Hall–Kier alpha value is -2.67. The monoisotopic (exact) mass is 631 g/mol. The van der Waals surface area contributed by atoms with Gasteiger partial charge in [0.05, 0.1) is 29.2 Å². The molecule has 5 heterocycles. The fourth-order valence-electron chi connectivity index (χ4n) is 6.28. The molecule has 0 aromatic carbocycles. The van der Waals surface area contributed by atoms with E-state index >= 15 is 0 Å². The minimum absolute atomic E-state index is 0.106. The second-order valence-corrected chi connectivity index (χ2v) is 11.5. The molecule has 3 aromatic rings. The number of halogens is 2. The zero-order chi connectivity index (χ0) is 29.1. The van der Waals surface area contributed by atoms with Crippen LogP contribution in [0.4, 0.5) is 0 Å². The Bertz CT molecular complexity index is 1250. The summed E-state index contributed by atoms with van der Waals surface area (Å²) in [7, 11) is 11.1. The van der Waals surface area contributed by atoms with Gasteiger partial charge in [-0.25, -0.2) is 0 Å². The summed E-state index contributed by atoms with van der Waals surface area (Å²) in [6.45, 7) is -0.614. The Kier molecular flexibility index (Phi) is 9.13. The fourth-order valence-corrected chi connectivity index (χ4v) is 6.28. The number of aromatic nitrogens is 3. The van der Waals surface area contributed by atoms with Gasteiger partial charge in [-0.05, 0) is 43.4 Å². The van der Waals surface area contributed by atoms with E-state index in [4.69, 9.17) is 20.2 Å². The molecule has 0 amide bonds. The number of aliphatic carboxylic acids is 2. The summed E-state index contributed by atoms with van der Waals surface area (Å²) in [6, 6.07) is 12.7. The van der Waals surface area contributed by atoms with E-state index in [1.54, 1.807) is 77.6 Å². The van der Waals surface area contributed by atoms with Gasteiger partial charge in [0, 0.05) is 38.2 Å². The van der Waals surface area contributed by atoms with Gasteiger partial charge in [-0.1, -0.05) is 18.2 Å². The molecule has 40 heavy (non-hydrogen) atoms. The van der Waals surface area contributed by atoms with Crippen molar-refractivity contribution in [3.63, 3.8) is 0 Å². The first-order valence-corrected chi connectivity index (χ1v) is 15.0. The normalized spacial score (nSPS) is 27.8. The summed E-state index contributed by atoms with van der Waals surface area (Å²) in [5.41, 5.74) is -3.68. The van der Waals surface area contributed by atoms with Crippen LogP contribution in [0.5, 0.6) is 0 Å². The molecule has 2 saturated heterocycles. The number of pyridine rings is 3. The molecule has 2 aliphatic rings. The van der Waals surface area contributed by atoms with E-state index in [1.807, 2.05) is 0 Å². The van der Waals surface area contributed by atoms with Crippen molar-refractivity contribution in [2.24, 2.45) is 10.8 Å². The molecule has 4 unspecified atom stereocenters. The van der Waals surface area contributed by atoms with Crippen LogP contribution in [0.15, 0.2) is 73.2 Å². The van der Waals surface area contributed by atoms with Crippen molar-refractivity contribution < 1.29 is 43.1 Å². The number of hydrogen-bond acceptors (Lipinski definition) is 9. The molecule has 0 saturated carbocycles. The van der Waals surface area contributed by atoms with Gasteiger partial charge < -0.3 is 20.4 Å². The summed E-state index contributed by atoms with van der Waals surface area (Å²) >= 11 is 0.194. The number of nitrogens with zero attached hydrogens (tertiary/aromatic N) is 5. The number of fused-ring (bicyclic) bond motifs is 2. The molecule has 2 bridgehead atoms. The van der Waals surface area contributed by atoms with Crippen molar-refractivity contribution >= 4 is 32.1 Å². The van der Waals surface area contributed by atoms with Crippen LogP contribution >= 0.6 is 20.2 Å². The average molecular weight is 632 g/mol. The molecule has 14 heteroatoms. The van der Waals surface area contributed by atoms with Crippen LogP contribution in [-0.2, 0) is 29.3 Å². The van der Waals surface area contributed by atoms with E-state index in [1.165, 1.54) is 12.4 Å². The summed E-state index contributed by atoms with van der Waals surface area (Å²) in [4.78, 5) is 42.7. The quantitative estimate of drug-likeness (QED) is 0.233. The van der Waals surface area contributed by atoms with Crippen molar-refractivity contribution in [2.75, 3.05) is 20.1 Å². The van der Waals surface area contributed by atoms with Gasteiger partial charge in [-0.2, -0.15) is 0 Å². The Morgan fingerprint density at radius 1 is 0.850 bits per heavy atom. The SMILES string of the molecule is CN1C(c2ccccn2)C2(C(=O)O)CN(Cc3ccccn3)CC(C(=O)O)(C1c1ccccn1)C2(O)O.[Cl][Fe][Cl]. The van der Waals surface area contributed by atoms with Crippen LogP contribution in [0.3, 0.4) is 0 Å². The van der Waals surface area contributed by atoms with E-state index in [0.29, 0.717) is 5.69 Å². The molecular formula is C26H27Cl2FeN5O6. The maximum absolute atomic E-state index is 13.2. The molecule has 2 fully saturated rings. The molecule has 11 nitrogen and oxygen atoms in total. The Morgan fingerprint density at radius 3 is 1.62 bits per heavy atom. The maximum atomic E-state index is 13.2. The van der Waals surface area contributed by atoms with E-state index in [9.17, 15) is 30.0 Å². The van der Waals surface area contributed by atoms with Crippen LogP contribution in [0.25, 0.3) is 0 Å². The van der Waals surface area contributed by atoms with E-state index in [-0.39, 0.29) is 44.2 Å². The van der Waals surface area contributed by atoms with Crippen molar-refractivity contribution in [2.45, 2.75) is 24.4 Å². The first-order valence-electron chi connectivity index (χ1n) is 12.0. The number of hydrogen-bond donors (Lipinski definition) is 4. The summed E-state index contributed by atoms with van der Waals surface area (Å²) < 4.78 is 0. The zero-order valence-electron chi connectivity index (χ0n) is 21.2. The molecular weight excluding hydrogens is 605 g/mol. The number of piperidine rings is 2. The number of aliphatic hydroxyl groups is 2. The van der Waals surface area contributed by atoms with Gasteiger partial charge in [-0.15, -0.1) is 0 Å². The summed E-state index contributed by atoms with van der Waals surface area (Å²) in [5, 5.41) is 45.3. The predicted molar refractivity (Wildman–Crippen MR) is 140 cm³/mol. The van der Waals surface area contributed by atoms with Gasteiger partial charge in [0.15, 0.2) is 10.8 Å². The molecule has 4 atom stereocenters. The third-order valence-electron chi connectivity index (χ3n) is 7.75. The van der Waals surface area contributed by atoms with Gasteiger partial charge >= 0.3 is 45.3 Å². The number of carboxylic acid groups (broad SMARTS) is 2. The van der Waals surface area contributed by atoms with Crippen molar-refractivity contribution in [1.29, 1.82) is 0 Å². The fraction of sp³-hybridized carbons (Fsp3) is 0.346. The zero-order valence-corrected chi connectivity index (χ0v) is 23.8. The molecule has 4 N–H and O–H groups in total. The van der Waals surface area contributed by atoms with Gasteiger partial charge in [-0.3, -0.25) is 34.3 Å². The molecule has 0 radical (unpaired) electrons. The van der Waals surface area contributed by atoms with Crippen LogP contribution in [-0.4, -0.2) is 83.0 Å². The van der Waals surface area contributed by atoms with E-state index < -0.39 is 40.6 Å². The number of carbonyl (C=O) groups is 2. The van der Waals surface area contributed by atoms with E-state index in [0.717, 1.165) is 0 Å². The van der Waals surface area contributed by atoms with Crippen LogP contribution in [0.1, 0.15) is 29.2 Å². The van der Waals surface area contributed by atoms with Crippen molar-refractivity contribution in [1.82, 2.24) is 24.8 Å². The number of carboxylic acids is 2. The third kappa shape index (κ3) is 4.78. The van der Waals surface area contributed by atoms with Gasteiger partial charge in [0.25, 0.3) is 0 Å². The summed E-state index contributed by atoms with van der Waals surface area (Å²) in [6.07, 6.45) is 4.56. The Balaban J connectivity index is 0.00000118. The first-order chi connectivity index (χ1) is 19.1. The predicted octanol–water partition coefficient (Wildman–Crippen LogP) is 2.31. The van der Waals surface area contributed by atoms with E-state index in [2.05, 4.69) is 15.0 Å². The van der Waals surface area contributed by atoms with Gasteiger partial charge in [0.1, 0.15) is 0 Å². The van der Waals surface area contributed by atoms with Crippen LogP contribution < -0.4 is 0 Å². The molecule has 214 valence electrons. The molecule has 0 spiro atoms. The van der Waals surface area contributed by atoms with Crippen molar-refractivity contribution in [3.8, 4) is 0 Å². The number of rotatable bonds is 6. The standard InChI is InChI=1S/C26H27N5O6.2ClH.Fe/c1-30-20(18-9-3-6-12-28-18)24(22(32)33)15-31(14-17-8-2-5-11-27-17)16-25(23(34)35,26(24,36)37)21(30)19-10-4-7-13-29-19;;;/h2-13,20-21,36-37H,14-16H2,1H3,(H,32,33)(H,34,35);2*1H;/q;;;+2/p-2. The Morgan fingerprint density at radius 2 is 1.27 bits per heavy atom. The molecule has 0 aliphatic carbocycles. The van der Waals surface area contributed by atoms with Crippen LogP contribution in [0, 0.1) is 10.8 Å². The summed E-state index contributed by atoms with van der Waals surface area (Å²) in [5.74, 6) is -6.29. The molecule has 3 aromatic heterocycles. The molecule has 2 aliphatic heterocycles. The topological polar surface area (TPSA) is 160 Å². The third-order valence-corrected chi connectivity index (χ3v) is 7.75.